The van der Waals surface area contributed by atoms with Gasteiger partial charge in [0.05, 0.1) is 24.9 Å². The van der Waals surface area contributed by atoms with E-state index in [0.29, 0.717) is 32.7 Å². The Labute approximate surface area is 102 Å². The first-order valence-electron chi connectivity index (χ1n) is 5.48. The van der Waals surface area contributed by atoms with Crippen LogP contribution in [0, 0.1) is 0 Å². The van der Waals surface area contributed by atoms with Crippen molar-refractivity contribution in [3.05, 3.63) is 0 Å². The SMILES string of the molecule is CC1CN(C(=O)[C@H]2C[C@@H](O)CN2)CCO1.Cl. The van der Waals surface area contributed by atoms with Crippen LogP contribution in [-0.4, -0.2) is 60.4 Å². The zero-order valence-corrected chi connectivity index (χ0v) is 10.2. The maximum atomic E-state index is 12.0. The number of halogens is 1. The molecular formula is C10H19ClN2O3. The van der Waals surface area contributed by atoms with E-state index < -0.39 is 0 Å². The molecule has 2 saturated heterocycles. The van der Waals surface area contributed by atoms with Gasteiger partial charge in [-0.3, -0.25) is 4.79 Å². The molecule has 2 heterocycles. The third kappa shape index (κ3) is 3.07. The lowest BCUT2D eigenvalue weighted by molar-refractivity contribution is -0.140. The van der Waals surface area contributed by atoms with Crippen LogP contribution in [0.15, 0.2) is 0 Å². The maximum absolute atomic E-state index is 12.0. The molecule has 6 heteroatoms. The van der Waals surface area contributed by atoms with E-state index in [-0.39, 0.29) is 36.6 Å². The summed E-state index contributed by atoms with van der Waals surface area (Å²) < 4.78 is 5.38. The van der Waals surface area contributed by atoms with Crippen molar-refractivity contribution in [2.45, 2.75) is 31.6 Å². The van der Waals surface area contributed by atoms with Gasteiger partial charge in [0.2, 0.25) is 5.91 Å². The fraction of sp³-hybridized carbons (Fsp3) is 0.900. The van der Waals surface area contributed by atoms with Crippen LogP contribution in [0.25, 0.3) is 0 Å². The summed E-state index contributed by atoms with van der Waals surface area (Å²) in [5.41, 5.74) is 0. The minimum absolute atomic E-state index is 0. The molecule has 0 aromatic rings. The lowest BCUT2D eigenvalue weighted by Gasteiger charge is -2.32. The number of amides is 1. The molecule has 16 heavy (non-hydrogen) atoms. The minimum Gasteiger partial charge on any atom is -0.392 e. The molecule has 0 aromatic carbocycles. The molecule has 2 aliphatic rings. The summed E-state index contributed by atoms with van der Waals surface area (Å²) in [6.45, 7) is 4.43. The molecule has 0 aromatic heterocycles. The highest BCUT2D eigenvalue weighted by atomic mass is 35.5. The van der Waals surface area contributed by atoms with Gasteiger partial charge in [-0.1, -0.05) is 0 Å². The Morgan fingerprint density at radius 1 is 1.56 bits per heavy atom. The molecule has 0 bridgehead atoms. The summed E-state index contributed by atoms with van der Waals surface area (Å²) in [6, 6.07) is -0.203. The number of β-amino-alcohol motifs (C(OH)–C–C–N with tert-alkyl or cyclic N) is 1. The highest BCUT2D eigenvalue weighted by Gasteiger charge is 2.32. The molecule has 0 saturated carbocycles. The molecule has 1 unspecified atom stereocenters. The van der Waals surface area contributed by atoms with E-state index in [4.69, 9.17) is 4.74 Å². The molecule has 0 aliphatic carbocycles. The smallest absolute Gasteiger partial charge is 0.239 e. The largest absolute Gasteiger partial charge is 0.392 e. The van der Waals surface area contributed by atoms with Crippen molar-refractivity contribution in [1.82, 2.24) is 10.2 Å². The summed E-state index contributed by atoms with van der Waals surface area (Å²) >= 11 is 0. The highest BCUT2D eigenvalue weighted by molar-refractivity contribution is 5.85. The topological polar surface area (TPSA) is 61.8 Å². The zero-order chi connectivity index (χ0) is 10.8. The summed E-state index contributed by atoms with van der Waals surface area (Å²) in [4.78, 5) is 13.8. The van der Waals surface area contributed by atoms with Gasteiger partial charge in [-0.15, -0.1) is 12.4 Å². The zero-order valence-electron chi connectivity index (χ0n) is 9.39. The standard InChI is InChI=1S/C10H18N2O3.ClH/c1-7-6-12(2-3-15-7)10(14)9-4-8(13)5-11-9;/h7-9,11,13H,2-6H2,1H3;1H/t7?,8-,9-;/m1./s1. The molecule has 94 valence electrons. The van der Waals surface area contributed by atoms with Gasteiger partial charge in [0, 0.05) is 19.6 Å². The monoisotopic (exact) mass is 250 g/mol. The maximum Gasteiger partial charge on any atom is 0.239 e. The average molecular weight is 251 g/mol. The molecule has 2 rings (SSSR count). The Bertz CT molecular complexity index is 252. The molecule has 2 fully saturated rings. The number of nitrogens with zero attached hydrogens (tertiary/aromatic N) is 1. The van der Waals surface area contributed by atoms with Crippen LogP contribution in [0.5, 0.6) is 0 Å². The highest BCUT2D eigenvalue weighted by Crippen LogP contribution is 2.12. The lowest BCUT2D eigenvalue weighted by Crippen LogP contribution is -2.50. The van der Waals surface area contributed by atoms with Gasteiger partial charge in [-0.25, -0.2) is 0 Å². The van der Waals surface area contributed by atoms with Crippen LogP contribution >= 0.6 is 12.4 Å². The van der Waals surface area contributed by atoms with Crippen LogP contribution in [0.1, 0.15) is 13.3 Å². The fourth-order valence-corrected chi connectivity index (χ4v) is 2.14. The van der Waals surface area contributed by atoms with E-state index in [9.17, 15) is 9.90 Å². The first-order chi connectivity index (χ1) is 7.16. The Morgan fingerprint density at radius 2 is 2.31 bits per heavy atom. The third-order valence-electron chi connectivity index (χ3n) is 2.96. The number of ether oxygens (including phenoxy) is 1. The van der Waals surface area contributed by atoms with Crippen molar-refractivity contribution in [3.8, 4) is 0 Å². The predicted octanol–water partition coefficient (Wildman–Crippen LogP) is -0.622. The number of hydrogen-bond donors (Lipinski definition) is 2. The second-order valence-electron chi connectivity index (χ2n) is 4.32. The van der Waals surface area contributed by atoms with Gasteiger partial charge >= 0.3 is 0 Å². The number of rotatable bonds is 1. The van der Waals surface area contributed by atoms with Gasteiger partial charge in [-0.05, 0) is 13.3 Å². The number of nitrogens with one attached hydrogen (secondary N) is 1. The summed E-state index contributed by atoms with van der Waals surface area (Å²) in [7, 11) is 0. The second kappa shape index (κ2) is 5.82. The summed E-state index contributed by atoms with van der Waals surface area (Å²) in [6.07, 6.45) is 0.274. The van der Waals surface area contributed by atoms with Crippen LogP contribution < -0.4 is 5.32 Å². The summed E-state index contributed by atoms with van der Waals surface area (Å²) in [5, 5.41) is 12.4. The Balaban J connectivity index is 0.00000128. The minimum atomic E-state index is -0.377. The Kier molecular flexibility index (Phi) is 4.98. The second-order valence-corrected chi connectivity index (χ2v) is 4.32. The number of carbonyl (C=O) groups excluding carboxylic acids is 1. The quantitative estimate of drug-likeness (QED) is 0.651. The van der Waals surface area contributed by atoms with Crippen molar-refractivity contribution in [1.29, 1.82) is 0 Å². The molecule has 0 spiro atoms. The van der Waals surface area contributed by atoms with Gasteiger partial charge in [-0.2, -0.15) is 0 Å². The first-order valence-corrected chi connectivity index (χ1v) is 5.48. The number of morpholine rings is 1. The molecule has 3 atom stereocenters. The number of carbonyl (C=O) groups is 1. The van der Waals surface area contributed by atoms with Gasteiger partial charge in [0.1, 0.15) is 0 Å². The van der Waals surface area contributed by atoms with Crippen LogP contribution in [0.2, 0.25) is 0 Å². The lowest BCUT2D eigenvalue weighted by atomic mass is 10.1. The van der Waals surface area contributed by atoms with E-state index in [1.165, 1.54) is 0 Å². The van der Waals surface area contributed by atoms with Crippen molar-refractivity contribution in [3.63, 3.8) is 0 Å². The van der Waals surface area contributed by atoms with Crippen molar-refractivity contribution in [2.75, 3.05) is 26.2 Å². The van der Waals surface area contributed by atoms with Gasteiger partial charge in [0.25, 0.3) is 0 Å². The normalized spacial score (nSPS) is 34.6. The average Bonchev–Trinajstić information content (AvgIpc) is 2.64. The van der Waals surface area contributed by atoms with Crippen LogP contribution in [0.4, 0.5) is 0 Å². The van der Waals surface area contributed by atoms with E-state index in [2.05, 4.69) is 5.32 Å². The van der Waals surface area contributed by atoms with E-state index >= 15 is 0 Å². The van der Waals surface area contributed by atoms with Crippen molar-refractivity contribution < 1.29 is 14.6 Å². The van der Waals surface area contributed by atoms with Crippen LogP contribution in [-0.2, 0) is 9.53 Å². The van der Waals surface area contributed by atoms with E-state index in [1.807, 2.05) is 11.8 Å². The number of aliphatic hydroxyl groups excluding tert-OH is 1. The molecule has 2 N–H and O–H groups in total. The van der Waals surface area contributed by atoms with E-state index in [1.54, 1.807) is 0 Å². The molecule has 5 nitrogen and oxygen atoms in total. The molecule has 1 amide bonds. The van der Waals surface area contributed by atoms with Crippen LogP contribution in [0.3, 0.4) is 0 Å². The molecule has 0 radical (unpaired) electrons. The Morgan fingerprint density at radius 3 is 2.88 bits per heavy atom. The first kappa shape index (κ1) is 13.7. The molecule has 2 aliphatic heterocycles. The fourth-order valence-electron chi connectivity index (χ4n) is 2.14. The van der Waals surface area contributed by atoms with Crippen molar-refractivity contribution >= 4 is 18.3 Å². The molecular weight excluding hydrogens is 232 g/mol. The van der Waals surface area contributed by atoms with Gasteiger partial charge < -0.3 is 20.1 Å². The van der Waals surface area contributed by atoms with Crippen molar-refractivity contribution in [2.24, 2.45) is 0 Å². The summed E-state index contributed by atoms with van der Waals surface area (Å²) in [5.74, 6) is 0.0988. The number of hydrogen-bond acceptors (Lipinski definition) is 4. The Hall–Kier alpha value is -0.360. The van der Waals surface area contributed by atoms with E-state index in [0.717, 1.165) is 0 Å². The number of aliphatic hydroxyl groups is 1. The predicted molar refractivity (Wildman–Crippen MR) is 61.7 cm³/mol. The van der Waals surface area contributed by atoms with Gasteiger partial charge in [0.15, 0.2) is 0 Å². The third-order valence-corrected chi connectivity index (χ3v) is 2.96.